The number of rotatable bonds is 2. The molecule has 0 aliphatic heterocycles. The van der Waals surface area contributed by atoms with Crippen molar-refractivity contribution < 1.29 is 9.59 Å². The SMILES string of the molecule is CC(=O)Nc1c[nH]c(C)c1C(C)=O. The Morgan fingerprint density at radius 1 is 1.38 bits per heavy atom. The number of anilines is 1. The van der Waals surface area contributed by atoms with Crippen molar-refractivity contribution in [3.05, 3.63) is 17.5 Å². The predicted molar refractivity (Wildman–Crippen MR) is 49.8 cm³/mol. The number of amides is 1. The molecule has 0 aliphatic rings. The van der Waals surface area contributed by atoms with Crippen molar-refractivity contribution in [2.45, 2.75) is 20.8 Å². The molecule has 0 spiro atoms. The summed E-state index contributed by atoms with van der Waals surface area (Å²) in [5.74, 6) is -0.232. The first-order valence-electron chi connectivity index (χ1n) is 3.99. The number of carbonyl (C=O) groups excluding carboxylic acids is 2. The lowest BCUT2D eigenvalue weighted by Gasteiger charge is -2.01. The van der Waals surface area contributed by atoms with Crippen molar-refractivity contribution in [3.8, 4) is 0 Å². The summed E-state index contributed by atoms with van der Waals surface area (Å²) in [5, 5.41) is 2.58. The highest BCUT2D eigenvalue weighted by molar-refractivity contribution is 6.04. The molecule has 0 saturated carbocycles. The molecule has 0 radical (unpaired) electrons. The molecule has 1 amide bonds. The van der Waals surface area contributed by atoms with Crippen molar-refractivity contribution in [2.75, 3.05) is 5.32 Å². The first-order chi connectivity index (χ1) is 6.02. The van der Waals surface area contributed by atoms with Gasteiger partial charge in [0.1, 0.15) is 0 Å². The molecule has 4 heteroatoms. The van der Waals surface area contributed by atoms with E-state index in [2.05, 4.69) is 10.3 Å². The Labute approximate surface area is 76.3 Å². The predicted octanol–water partition coefficient (Wildman–Crippen LogP) is 1.48. The second kappa shape index (κ2) is 3.43. The van der Waals surface area contributed by atoms with Crippen LogP contribution >= 0.6 is 0 Å². The molecule has 0 bridgehead atoms. The minimum atomic E-state index is -0.179. The number of carbonyl (C=O) groups is 2. The van der Waals surface area contributed by atoms with E-state index in [9.17, 15) is 9.59 Å². The van der Waals surface area contributed by atoms with E-state index in [1.54, 1.807) is 13.1 Å². The molecular formula is C9H12N2O2. The van der Waals surface area contributed by atoms with Gasteiger partial charge in [0.25, 0.3) is 0 Å². The molecule has 0 fully saturated rings. The fourth-order valence-corrected chi connectivity index (χ4v) is 1.27. The van der Waals surface area contributed by atoms with E-state index in [-0.39, 0.29) is 11.7 Å². The highest BCUT2D eigenvalue weighted by Crippen LogP contribution is 2.19. The normalized spacial score (nSPS) is 9.77. The number of ketones is 1. The maximum atomic E-state index is 11.2. The fourth-order valence-electron chi connectivity index (χ4n) is 1.27. The molecule has 2 N–H and O–H groups in total. The number of hydrogen-bond donors (Lipinski definition) is 2. The fraction of sp³-hybridized carbons (Fsp3) is 0.333. The van der Waals surface area contributed by atoms with Crippen molar-refractivity contribution in [1.82, 2.24) is 4.98 Å². The Balaban J connectivity index is 3.07. The second-order valence-electron chi connectivity index (χ2n) is 2.94. The topological polar surface area (TPSA) is 62.0 Å². The average Bonchev–Trinajstić information content (AvgIpc) is 2.30. The van der Waals surface area contributed by atoms with Gasteiger partial charge in [-0.15, -0.1) is 0 Å². The lowest BCUT2D eigenvalue weighted by atomic mass is 10.1. The molecule has 1 aromatic rings. The van der Waals surface area contributed by atoms with Crippen LogP contribution in [-0.2, 0) is 4.79 Å². The van der Waals surface area contributed by atoms with E-state index in [1.807, 2.05) is 0 Å². The van der Waals surface area contributed by atoms with Gasteiger partial charge in [-0.05, 0) is 13.8 Å². The summed E-state index contributed by atoms with van der Waals surface area (Å²) in [6.45, 7) is 4.68. The van der Waals surface area contributed by atoms with Gasteiger partial charge in [0, 0.05) is 18.8 Å². The van der Waals surface area contributed by atoms with Gasteiger partial charge in [0.15, 0.2) is 5.78 Å². The zero-order valence-corrected chi connectivity index (χ0v) is 7.89. The van der Waals surface area contributed by atoms with Gasteiger partial charge >= 0.3 is 0 Å². The summed E-state index contributed by atoms with van der Waals surface area (Å²) in [6, 6.07) is 0. The van der Waals surface area contributed by atoms with Crippen LogP contribution in [0.5, 0.6) is 0 Å². The lowest BCUT2D eigenvalue weighted by Crippen LogP contribution is -2.08. The highest BCUT2D eigenvalue weighted by atomic mass is 16.1. The molecule has 70 valence electrons. The first kappa shape index (κ1) is 9.51. The van der Waals surface area contributed by atoms with Gasteiger partial charge in [-0.1, -0.05) is 0 Å². The van der Waals surface area contributed by atoms with Gasteiger partial charge < -0.3 is 10.3 Å². The molecular weight excluding hydrogens is 168 g/mol. The third kappa shape index (κ3) is 1.96. The van der Waals surface area contributed by atoms with Crippen LogP contribution in [0, 0.1) is 6.92 Å². The van der Waals surface area contributed by atoms with Crippen molar-refractivity contribution >= 4 is 17.4 Å². The van der Waals surface area contributed by atoms with Gasteiger partial charge in [-0.2, -0.15) is 0 Å². The standard InChI is InChI=1S/C9H12N2O2/c1-5-9(6(2)12)8(4-10-5)11-7(3)13/h4,10H,1-3H3,(H,11,13). The average molecular weight is 180 g/mol. The van der Waals surface area contributed by atoms with E-state index < -0.39 is 0 Å². The zero-order valence-electron chi connectivity index (χ0n) is 7.89. The Morgan fingerprint density at radius 3 is 2.46 bits per heavy atom. The smallest absolute Gasteiger partial charge is 0.221 e. The Bertz CT molecular complexity index is 352. The quantitative estimate of drug-likeness (QED) is 0.677. The third-order valence-corrected chi connectivity index (χ3v) is 1.74. The monoisotopic (exact) mass is 180 g/mol. The Hall–Kier alpha value is -1.58. The summed E-state index contributed by atoms with van der Waals surface area (Å²) in [6.07, 6.45) is 1.62. The maximum absolute atomic E-state index is 11.2. The van der Waals surface area contributed by atoms with E-state index >= 15 is 0 Å². The molecule has 1 aromatic heterocycles. The van der Waals surface area contributed by atoms with Crippen molar-refractivity contribution in [3.63, 3.8) is 0 Å². The van der Waals surface area contributed by atoms with E-state index in [4.69, 9.17) is 0 Å². The summed E-state index contributed by atoms with van der Waals surface area (Å²) >= 11 is 0. The molecule has 0 unspecified atom stereocenters. The van der Waals surface area contributed by atoms with Crippen molar-refractivity contribution in [2.24, 2.45) is 0 Å². The molecule has 13 heavy (non-hydrogen) atoms. The molecule has 0 aliphatic carbocycles. The molecule has 4 nitrogen and oxygen atoms in total. The van der Waals surface area contributed by atoms with E-state index in [1.165, 1.54) is 13.8 Å². The minimum absolute atomic E-state index is 0.0532. The van der Waals surface area contributed by atoms with Crippen LogP contribution < -0.4 is 5.32 Å². The highest BCUT2D eigenvalue weighted by Gasteiger charge is 2.12. The number of Topliss-reactive ketones (excluding diaryl/α,β-unsaturated/α-hetero) is 1. The number of hydrogen-bond acceptors (Lipinski definition) is 2. The molecule has 0 atom stereocenters. The van der Waals surface area contributed by atoms with Crippen LogP contribution in [0.25, 0.3) is 0 Å². The third-order valence-electron chi connectivity index (χ3n) is 1.74. The van der Waals surface area contributed by atoms with E-state index in [0.29, 0.717) is 11.3 Å². The van der Waals surface area contributed by atoms with Crippen LogP contribution in [0.15, 0.2) is 6.20 Å². The van der Waals surface area contributed by atoms with Gasteiger partial charge in [-0.25, -0.2) is 0 Å². The number of H-pyrrole nitrogens is 1. The summed E-state index contributed by atoms with van der Waals surface area (Å²) in [7, 11) is 0. The summed E-state index contributed by atoms with van der Waals surface area (Å²) in [5.41, 5.74) is 1.88. The van der Waals surface area contributed by atoms with E-state index in [0.717, 1.165) is 5.69 Å². The zero-order chi connectivity index (χ0) is 10.0. The van der Waals surface area contributed by atoms with Crippen LogP contribution in [0.3, 0.4) is 0 Å². The number of aromatic amines is 1. The molecule has 0 saturated heterocycles. The van der Waals surface area contributed by atoms with Gasteiger partial charge in [0.2, 0.25) is 5.91 Å². The number of aromatic nitrogens is 1. The first-order valence-corrected chi connectivity index (χ1v) is 3.99. The maximum Gasteiger partial charge on any atom is 0.221 e. The molecule has 1 heterocycles. The Kier molecular flexibility index (Phi) is 2.51. The van der Waals surface area contributed by atoms with Crippen molar-refractivity contribution in [1.29, 1.82) is 0 Å². The van der Waals surface area contributed by atoms with Crippen LogP contribution in [0.1, 0.15) is 29.9 Å². The van der Waals surface area contributed by atoms with Gasteiger partial charge in [-0.3, -0.25) is 9.59 Å². The molecule has 0 aromatic carbocycles. The number of nitrogens with one attached hydrogen (secondary N) is 2. The largest absolute Gasteiger partial charge is 0.363 e. The minimum Gasteiger partial charge on any atom is -0.363 e. The van der Waals surface area contributed by atoms with Gasteiger partial charge in [0.05, 0.1) is 11.3 Å². The molecule has 1 rings (SSSR count). The lowest BCUT2D eigenvalue weighted by molar-refractivity contribution is -0.114. The number of aryl methyl sites for hydroxylation is 1. The van der Waals surface area contributed by atoms with Crippen LogP contribution in [0.4, 0.5) is 5.69 Å². The Morgan fingerprint density at radius 2 is 2.00 bits per heavy atom. The van der Waals surface area contributed by atoms with Crippen LogP contribution in [0.2, 0.25) is 0 Å². The summed E-state index contributed by atoms with van der Waals surface area (Å²) < 4.78 is 0. The second-order valence-corrected chi connectivity index (χ2v) is 2.94. The summed E-state index contributed by atoms with van der Waals surface area (Å²) in [4.78, 5) is 24.8. The van der Waals surface area contributed by atoms with Crippen LogP contribution in [-0.4, -0.2) is 16.7 Å².